The minimum atomic E-state index is 0.599. The molecule has 258 valence electrons. The van der Waals surface area contributed by atoms with Crippen LogP contribution in [0.15, 0.2) is 188 Å². The predicted octanol–water partition coefficient (Wildman–Crippen LogP) is 14.3. The Labute approximate surface area is 313 Å². The van der Waals surface area contributed by atoms with E-state index in [-0.39, 0.29) is 0 Å². The highest BCUT2D eigenvalue weighted by Gasteiger charge is 2.19. The molecule has 0 bridgehead atoms. The highest BCUT2D eigenvalue weighted by atomic mass is 16.4. The van der Waals surface area contributed by atoms with Crippen molar-refractivity contribution in [1.82, 2.24) is 4.98 Å². The van der Waals surface area contributed by atoms with Gasteiger partial charge in [0.15, 0.2) is 5.58 Å². The third kappa shape index (κ3) is 4.71. The first-order chi connectivity index (χ1) is 27.2. The second kappa shape index (κ2) is 11.5. The molecule has 6 heteroatoms. The van der Waals surface area contributed by atoms with Crippen LogP contribution in [-0.4, -0.2) is 4.98 Å². The number of benzene rings is 8. The number of nitrogens with zero attached hydrogens (tertiary/aromatic N) is 2. The molecule has 0 aliphatic carbocycles. The van der Waals surface area contributed by atoms with E-state index in [0.717, 1.165) is 111 Å². The van der Waals surface area contributed by atoms with E-state index in [1.807, 2.05) is 78.9 Å². The average Bonchev–Trinajstić information content (AvgIpc) is 4.01. The van der Waals surface area contributed by atoms with Crippen molar-refractivity contribution in [3.63, 3.8) is 0 Å². The Hall–Kier alpha value is -7.57. The maximum atomic E-state index is 6.42. The van der Waals surface area contributed by atoms with Crippen LogP contribution in [0.1, 0.15) is 0 Å². The van der Waals surface area contributed by atoms with Gasteiger partial charge in [0.05, 0.1) is 0 Å². The van der Waals surface area contributed by atoms with E-state index in [4.69, 9.17) is 22.7 Å². The Morgan fingerprint density at radius 3 is 1.51 bits per heavy atom. The average molecular weight is 709 g/mol. The number of hydrogen-bond donors (Lipinski definition) is 0. The Morgan fingerprint density at radius 2 is 0.818 bits per heavy atom. The minimum Gasteiger partial charge on any atom is -0.456 e. The highest BCUT2D eigenvalue weighted by molar-refractivity contribution is 6.10. The summed E-state index contributed by atoms with van der Waals surface area (Å²) in [7, 11) is 0. The first-order valence-electron chi connectivity index (χ1n) is 18.3. The van der Waals surface area contributed by atoms with Crippen molar-refractivity contribution >= 4 is 94.0 Å². The molecule has 4 heterocycles. The van der Waals surface area contributed by atoms with Gasteiger partial charge in [-0.05, 0) is 90.0 Å². The number of rotatable bonds is 5. The van der Waals surface area contributed by atoms with Crippen molar-refractivity contribution in [1.29, 1.82) is 0 Å². The quantitative estimate of drug-likeness (QED) is 0.177. The SMILES string of the molecule is c1ccc(-c2nc3cc4oc5cc(-c6ccc(N(c7ccc8c(c7)oc7ccccc78)c7ccc8c(c7)oc7ccccc78)cc6)ccc5c4cc3o2)cc1. The Bertz CT molecular complexity index is 3330. The van der Waals surface area contributed by atoms with Crippen molar-refractivity contribution in [2.24, 2.45) is 0 Å². The van der Waals surface area contributed by atoms with Gasteiger partial charge in [0, 0.05) is 73.1 Å². The molecule has 4 aromatic heterocycles. The number of fused-ring (bicyclic) bond motifs is 10. The summed E-state index contributed by atoms with van der Waals surface area (Å²) in [5.74, 6) is 0.599. The minimum absolute atomic E-state index is 0.599. The molecule has 0 atom stereocenters. The summed E-state index contributed by atoms with van der Waals surface area (Å²) in [6, 6.07) is 58.2. The van der Waals surface area contributed by atoms with Crippen LogP contribution in [0.4, 0.5) is 17.1 Å². The molecule has 0 radical (unpaired) electrons. The molecule has 6 nitrogen and oxygen atoms in total. The van der Waals surface area contributed by atoms with E-state index in [0.29, 0.717) is 5.89 Å². The fraction of sp³-hybridized carbons (Fsp3) is 0. The van der Waals surface area contributed by atoms with Gasteiger partial charge < -0.3 is 22.6 Å². The summed E-state index contributed by atoms with van der Waals surface area (Å²) in [5, 5.41) is 6.42. The molecule has 55 heavy (non-hydrogen) atoms. The summed E-state index contributed by atoms with van der Waals surface area (Å²) in [5.41, 5.74) is 12.6. The van der Waals surface area contributed by atoms with Crippen LogP contribution in [0.5, 0.6) is 0 Å². The van der Waals surface area contributed by atoms with Gasteiger partial charge in [-0.2, -0.15) is 0 Å². The molecule has 0 aliphatic rings. The lowest BCUT2D eigenvalue weighted by molar-refractivity contribution is 0.620. The first-order valence-corrected chi connectivity index (χ1v) is 18.3. The third-order valence-corrected chi connectivity index (χ3v) is 10.7. The molecule has 12 rings (SSSR count). The number of para-hydroxylation sites is 2. The zero-order valence-corrected chi connectivity index (χ0v) is 29.2. The van der Waals surface area contributed by atoms with Crippen LogP contribution in [0.2, 0.25) is 0 Å². The molecule has 0 aliphatic heterocycles. The molecule has 0 amide bonds. The lowest BCUT2D eigenvalue weighted by atomic mass is 10.0. The van der Waals surface area contributed by atoms with Crippen LogP contribution < -0.4 is 4.90 Å². The van der Waals surface area contributed by atoms with E-state index in [9.17, 15) is 0 Å². The molecular formula is C49H28N2O4. The van der Waals surface area contributed by atoms with E-state index < -0.39 is 0 Å². The molecule has 0 unspecified atom stereocenters. The number of furan rings is 3. The fourth-order valence-electron chi connectivity index (χ4n) is 8.04. The van der Waals surface area contributed by atoms with Crippen molar-refractivity contribution in [3.8, 4) is 22.6 Å². The highest BCUT2D eigenvalue weighted by Crippen LogP contribution is 2.42. The second-order valence-electron chi connectivity index (χ2n) is 14.0. The van der Waals surface area contributed by atoms with Gasteiger partial charge in [-0.15, -0.1) is 0 Å². The Kier molecular flexibility index (Phi) is 6.24. The lowest BCUT2D eigenvalue weighted by Crippen LogP contribution is -2.09. The first kappa shape index (κ1) is 29.9. The van der Waals surface area contributed by atoms with E-state index >= 15 is 0 Å². The van der Waals surface area contributed by atoms with Gasteiger partial charge in [0.25, 0.3) is 0 Å². The number of hydrogen-bond acceptors (Lipinski definition) is 6. The van der Waals surface area contributed by atoms with Gasteiger partial charge in [-0.25, -0.2) is 4.98 Å². The van der Waals surface area contributed by atoms with Crippen LogP contribution in [0.25, 0.3) is 99.5 Å². The number of anilines is 3. The van der Waals surface area contributed by atoms with Gasteiger partial charge in [0.2, 0.25) is 5.89 Å². The fourth-order valence-corrected chi connectivity index (χ4v) is 8.04. The van der Waals surface area contributed by atoms with Crippen LogP contribution in [-0.2, 0) is 0 Å². The molecule has 0 saturated heterocycles. The predicted molar refractivity (Wildman–Crippen MR) is 221 cm³/mol. The van der Waals surface area contributed by atoms with Crippen LogP contribution >= 0.6 is 0 Å². The monoisotopic (exact) mass is 708 g/mol. The lowest BCUT2D eigenvalue weighted by Gasteiger charge is -2.25. The van der Waals surface area contributed by atoms with Crippen LogP contribution in [0, 0.1) is 0 Å². The maximum Gasteiger partial charge on any atom is 0.227 e. The second-order valence-corrected chi connectivity index (χ2v) is 14.0. The molecule has 0 N–H and O–H groups in total. The summed E-state index contributed by atoms with van der Waals surface area (Å²) in [6.45, 7) is 0. The van der Waals surface area contributed by atoms with Crippen molar-refractivity contribution in [3.05, 3.63) is 170 Å². The van der Waals surface area contributed by atoms with Crippen molar-refractivity contribution < 1.29 is 17.7 Å². The van der Waals surface area contributed by atoms with Crippen molar-refractivity contribution in [2.75, 3.05) is 4.90 Å². The molecular weight excluding hydrogens is 681 g/mol. The topological polar surface area (TPSA) is 68.7 Å². The third-order valence-electron chi connectivity index (χ3n) is 10.7. The molecule has 0 spiro atoms. The van der Waals surface area contributed by atoms with E-state index in [2.05, 4.69) is 95.9 Å². The smallest absolute Gasteiger partial charge is 0.227 e. The van der Waals surface area contributed by atoms with E-state index in [1.165, 1.54) is 0 Å². The Morgan fingerprint density at radius 1 is 0.309 bits per heavy atom. The summed E-state index contributed by atoms with van der Waals surface area (Å²) in [6.07, 6.45) is 0. The zero-order valence-electron chi connectivity index (χ0n) is 29.2. The maximum absolute atomic E-state index is 6.42. The zero-order chi connectivity index (χ0) is 36.0. The molecule has 12 aromatic rings. The van der Waals surface area contributed by atoms with Crippen molar-refractivity contribution in [2.45, 2.75) is 0 Å². The summed E-state index contributed by atoms with van der Waals surface area (Å²) < 4.78 is 25.3. The van der Waals surface area contributed by atoms with Crippen LogP contribution in [0.3, 0.4) is 0 Å². The van der Waals surface area contributed by atoms with Gasteiger partial charge >= 0.3 is 0 Å². The molecule has 0 saturated carbocycles. The van der Waals surface area contributed by atoms with Gasteiger partial charge in [-0.1, -0.05) is 72.8 Å². The number of aromatic nitrogens is 1. The molecule has 8 aromatic carbocycles. The summed E-state index contributed by atoms with van der Waals surface area (Å²) in [4.78, 5) is 6.99. The van der Waals surface area contributed by atoms with E-state index in [1.54, 1.807) is 0 Å². The largest absolute Gasteiger partial charge is 0.456 e. The normalized spacial score (nSPS) is 12.0. The van der Waals surface area contributed by atoms with Gasteiger partial charge in [-0.3, -0.25) is 0 Å². The van der Waals surface area contributed by atoms with Gasteiger partial charge in [0.1, 0.15) is 39.0 Å². The molecule has 0 fully saturated rings. The summed E-state index contributed by atoms with van der Waals surface area (Å²) >= 11 is 0. The standard InChI is InChI=1S/C49H28N2O4/c1-2-8-30(9-3-1)49-50-41-28-47-40(27-48(41)55-49)39-21-16-31(24-44(39)54-47)29-14-17-32(18-15-29)51(33-19-22-37-35-10-4-6-12-42(35)52-45(37)25-33)34-20-23-38-36-11-5-7-13-43(36)53-46(38)26-34/h1-28H. The Balaban J connectivity index is 0.938. The number of oxazole rings is 1.